The third kappa shape index (κ3) is 8.58. The summed E-state index contributed by atoms with van der Waals surface area (Å²) in [6.45, 7) is 3.63. The lowest BCUT2D eigenvalue weighted by Crippen LogP contribution is -2.19. The van der Waals surface area contributed by atoms with Crippen molar-refractivity contribution in [2.75, 3.05) is 5.75 Å². The number of benzene rings is 3. The molecule has 0 fully saturated rings. The maximum Gasteiger partial charge on any atom is 0.336 e. The zero-order chi connectivity index (χ0) is 28.0. The van der Waals surface area contributed by atoms with Gasteiger partial charge >= 0.3 is 5.97 Å². The van der Waals surface area contributed by atoms with Crippen LogP contribution in [-0.2, 0) is 6.42 Å². The smallest absolute Gasteiger partial charge is 0.336 e. The molecule has 1 heterocycles. The number of aromatic nitrogens is 1. The molecule has 0 spiro atoms. The zero-order valence-electron chi connectivity index (χ0n) is 21.9. The summed E-state index contributed by atoms with van der Waals surface area (Å²) in [4.78, 5) is 16.5. The molecular weight excluding hydrogens is 549 g/mol. The van der Waals surface area contributed by atoms with E-state index in [0.717, 1.165) is 45.5 Å². The SMILES string of the molecule is CC(C)(O)CCSC(CCc1ccc(Cl)cc1C(=O)O)c1cccc(C=Cc2ccc3ccc(Cl)cc3n2)c1. The number of aryl methyl sites for hydroxylation is 1. The molecule has 0 saturated carbocycles. The first-order chi connectivity index (χ1) is 18.6. The third-order valence-corrected chi connectivity index (χ3v) is 8.24. The minimum Gasteiger partial charge on any atom is -0.478 e. The average molecular weight is 581 g/mol. The van der Waals surface area contributed by atoms with Crippen LogP contribution in [0, 0.1) is 0 Å². The Morgan fingerprint density at radius 1 is 1.00 bits per heavy atom. The summed E-state index contributed by atoms with van der Waals surface area (Å²) < 4.78 is 0. The fourth-order valence-corrected chi connectivity index (χ4v) is 6.16. The minimum absolute atomic E-state index is 0.124. The molecule has 1 aromatic heterocycles. The second kappa shape index (κ2) is 13.0. The number of carbonyl (C=O) groups is 1. The van der Waals surface area contributed by atoms with Gasteiger partial charge in [-0.15, -0.1) is 0 Å². The molecule has 1 atom stereocenters. The standard InChI is InChI=1S/C32H31Cl2NO3S/c1-32(2,38)16-17-39-30(15-10-22-7-11-25(33)19-28(22)31(36)37)24-5-3-4-21(18-24)6-13-27-14-9-23-8-12-26(34)20-29(23)35-27/h3-9,11-14,18-20,30,38H,10,15-17H2,1-2H3,(H,36,37). The van der Waals surface area contributed by atoms with Gasteiger partial charge in [-0.3, -0.25) is 0 Å². The van der Waals surface area contributed by atoms with Crippen LogP contribution in [0.1, 0.15) is 64.7 Å². The maximum atomic E-state index is 11.8. The number of aromatic carboxylic acids is 1. The lowest BCUT2D eigenvalue weighted by Gasteiger charge is -2.21. The van der Waals surface area contributed by atoms with E-state index in [1.54, 1.807) is 23.9 Å². The Hall–Kier alpha value is -2.83. The molecule has 4 aromatic rings. The van der Waals surface area contributed by atoms with Gasteiger partial charge in [-0.2, -0.15) is 11.8 Å². The van der Waals surface area contributed by atoms with E-state index >= 15 is 0 Å². The molecule has 202 valence electrons. The van der Waals surface area contributed by atoms with Crippen molar-refractivity contribution in [1.29, 1.82) is 0 Å². The first-order valence-electron chi connectivity index (χ1n) is 12.8. The molecule has 0 aliphatic rings. The molecule has 7 heteroatoms. The second-order valence-corrected chi connectivity index (χ2v) is 12.3. The first kappa shape index (κ1) is 29.2. The van der Waals surface area contributed by atoms with Crippen molar-refractivity contribution in [2.45, 2.75) is 44.0 Å². The lowest BCUT2D eigenvalue weighted by atomic mass is 9.98. The molecule has 4 rings (SSSR count). The molecule has 1 unspecified atom stereocenters. The van der Waals surface area contributed by atoms with Gasteiger partial charge in [0.15, 0.2) is 0 Å². The Kier molecular flexibility index (Phi) is 9.73. The predicted molar refractivity (Wildman–Crippen MR) is 165 cm³/mol. The fourth-order valence-electron chi connectivity index (χ4n) is 4.29. The molecule has 4 nitrogen and oxygen atoms in total. The fraction of sp³-hybridized carbons (Fsp3) is 0.250. The van der Waals surface area contributed by atoms with Crippen LogP contribution in [0.15, 0.2) is 72.8 Å². The highest BCUT2D eigenvalue weighted by Gasteiger charge is 2.19. The first-order valence-corrected chi connectivity index (χ1v) is 14.6. The summed E-state index contributed by atoms with van der Waals surface area (Å²) in [5, 5.41) is 22.1. The average Bonchev–Trinajstić information content (AvgIpc) is 2.89. The number of rotatable bonds is 11. The van der Waals surface area contributed by atoms with E-state index in [-0.39, 0.29) is 10.8 Å². The van der Waals surface area contributed by atoms with Gasteiger partial charge in [0.1, 0.15) is 0 Å². The number of hydrogen-bond donors (Lipinski definition) is 2. The van der Waals surface area contributed by atoms with Gasteiger partial charge in [0.2, 0.25) is 0 Å². The van der Waals surface area contributed by atoms with Crippen LogP contribution in [0.5, 0.6) is 0 Å². The maximum absolute atomic E-state index is 11.8. The van der Waals surface area contributed by atoms with Crippen molar-refractivity contribution in [3.05, 3.63) is 111 Å². The van der Waals surface area contributed by atoms with Crippen molar-refractivity contribution in [1.82, 2.24) is 4.98 Å². The Balaban J connectivity index is 1.55. The Bertz CT molecular complexity index is 1500. The van der Waals surface area contributed by atoms with Crippen LogP contribution in [0.25, 0.3) is 23.1 Å². The van der Waals surface area contributed by atoms with Crippen LogP contribution < -0.4 is 0 Å². The third-order valence-electron chi connectivity index (χ3n) is 6.42. The van der Waals surface area contributed by atoms with Gasteiger partial charge in [0, 0.05) is 20.7 Å². The molecule has 0 amide bonds. The van der Waals surface area contributed by atoms with Crippen molar-refractivity contribution in [3.8, 4) is 0 Å². The lowest BCUT2D eigenvalue weighted by molar-refractivity contribution is 0.0694. The van der Waals surface area contributed by atoms with E-state index in [9.17, 15) is 15.0 Å². The molecule has 3 aromatic carbocycles. The molecule has 0 aliphatic heterocycles. The van der Waals surface area contributed by atoms with Crippen LogP contribution in [0.4, 0.5) is 0 Å². The summed E-state index contributed by atoms with van der Waals surface area (Å²) in [5.41, 5.74) is 4.15. The highest BCUT2D eigenvalue weighted by atomic mass is 35.5. The van der Waals surface area contributed by atoms with Gasteiger partial charge in [0.25, 0.3) is 0 Å². The molecule has 0 aliphatic carbocycles. The number of fused-ring (bicyclic) bond motifs is 1. The van der Waals surface area contributed by atoms with Crippen molar-refractivity contribution in [3.63, 3.8) is 0 Å². The summed E-state index contributed by atoms with van der Waals surface area (Å²) >= 11 is 14.0. The molecule has 39 heavy (non-hydrogen) atoms. The van der Waals surface area contributed by atoms with E-state index in [0.29, 0.717) is 22.9 Å². The Morgan fingerprint density at radius 3 is 2.51 bits per heavy atom. The number of hydrogen-bond acceptors (Lipinski definition) is 4. The number of carboxylic acids is 1. The van der Waals surface area contributed by atoms with Gasteiger partial charge in [-0.25, -0.2) is 9.78 Å². The number of nitrogens with zero attached hydrogens (tertiary/aromatic N) is 1. The Labute approximate surface area is 243 Å². The number of thioether (sulfide) groups is 1. The highest BCUT2D eigenvalue weighted by Crippen LogP contribution is 2.36. The van der Waals surface area contributed by atoms with Gasteiger partial charge in [-0.1, -0.05) is 71.7 Å². The number of carboxylic acid groups (broad SMARTS) is 1. The van der Waals surface area contributed by atoms with Crippen molar-refractivity contribution >= 4 is 64.0 Å². The summed E-state index contributed by atoms with van der Waals surface area (Å²) in [5.74, 6) is -0.194. The number of halogens is 2. The zero-order valence-corrected chi connectivity index (χ0v) is 24.2. The van der Waals surface area contributed by atoms with E-state index in [2.05, 4.69) is 18.2 Å². The van der Waals surface area contributed by atoms with Crippen LogP contribution in [0.2, 0.25) is 10.0 Å². The molecule has 2 N–H and O–H groups in total. The van der Waals surface area contributed by atoms with E-state index in [4.69, 9.17) is 28.2 Å². The highest BCUT2D eigenvalue weighted by molar-refractivity contribution is 7.99. The van der Waals surface area contributed by atoms with Gasteiger partial charge in [0.05, 0.1) is 22.4 Å². The number of aliphatic hydroxyl groups is 1. The van der Waals surface area contributed by atoms with Crippen molar-refractivity contribution in [2.24, 2.45) is 0 Å². The predicted octanol–water partition coefficient (Wildman–Crippen LogP) is 8.98. The molecular formula is C32H31Cl2NO3S. The summed E-state index contributed by atoms with van der Waals surface area (Å²) in [6.07, 6.45) is 6.04. The van der Waals surface area contributed by atoms with E-state index < -0.39 is 11.6 Å². The van der Waals surface area contributed by atoms with Crippen molar-refractivity contribution < 1.29 is 15.0 Å². The summed E-state index contributed by atoms with van der Waals surface area (Å²) in [6, 6.07) is 23.1. The molecule has 0 bridgehead atoms. The minimum atomic E-state index is -0.976. The quantitative estimate of drug-likeness (QED) is 0.185. The van der Waals surface area contributed by atoms with Gasteiger partial charge in [-0.05, 0) is 92.0 Å². The largest absolute Gasteiger partial charge is 0.478 e. The number of pyridine rings is 1. The van der Waals surface area contributed by atoms with Crippen LogP contribution in [0.3, 0.4) is 0 Å². The topological polar surface area (TPSA) is 70.4 Å². The van der Waals surface area contributed by atoms with Gasteiger partial charge < -0.3 is 10.2 Å². The summed E-state index contributed by atoms with van der Waals surface area (Å²) in [7, 11) is 0. The molecule has 0 saturated heterocycles. The van der Waals surface area contributed by atoms with Crippen LogP contribution in [-0.4, -0.2) is 32.5 Å². The second-order valence-electron chi connectivity index (χ2n) is 10.1. The normalized spacial score (nSPS) is 12.7. The monoisotopic (exact) mass is 579 g/mol. The molecule has 0 radical (unpaired) electrons. The van der Waals surface area contributed by atoms with E-state index in [1.165, 1.54) is 6.07 Å². The van der Waals surface area contributed by atoms with E-state index in [1.807, 2.05) is 62.4 Å². The Morgan fingerprint density at radius 2 is 1.74 bits per heavy atom. The van der Waals surface area contributed by atoms with Crippen LogP contribution >= 0.6 is 35.0 Å².